The van der Waals surface area contributed by atoms with E-state index in [2.05, 4.69) is 120 Å². The molecule has 2 aliphatic rings. The molecule has 0 amide bonds. The molecule has 3 heterocycles. The van der Waals surface area contributed by atoms with Crippen molar-refractivity contribution in [3.05, 3.63) is 146 Å². The molecule has 1 aromatic heterocycles. The smallest absolute Gasteiger partial charge is 0.164 e. The van der Waals surface area contributed by atoms with Gasteiger partial charge in [0.05, 0.1) is 20.6 Å². The lowest BCUT2D eigenvalue weighted by molar-refractivity contribution is 1.18. The monoisotopic (exact) mass is 580 g/mol. The van der Waals surface area contributed by atoms with Crippen LogP contribution in [0.1, 0.15) is 0 Å². The Bertz CT molecular complexity index is 2620. The first-order valence-electron chi connectivity index (χ1n) is 14.6. The zero-order valence-corrected chi connectivity index (χ0v) is 24.4. The van der Waals surface area contributed by atoms with Crippen LogP contribution in [0.3, 0.4) is 0 Å². The average molecular weight is 581 g/mol. The van der Waals surface area contributed by atoms with Crippen LogP contribution >= 0.6 is 11.3 Å². The maximum Gasteiger partial charge on any atom is 0.164 e. The summed E-state index contributed by atoms with van der Waals surface area (Å²) in [6.07, 6.45) is 0. The summed E-state index contributed by atoms with van der Waals surface area (Å²) in [7, 11) is 0. The van der Waals surface area contributed by atoms with Gasteiger partial charge in [-0.15, -0.1) is 11.3 Å². The summed E-state index contributed by atoms with van der Waals surface area (Å²) in [4.78, 5) is 15.0. The SMILES string of the molecule is c1ccc(-c2nc3nc(n2)c2cccc(c2)c2cccc(c2)n2c4ccccc4sc4ccc(cc4-2)c2cccc3c2)cc1. The first-order valence-corrected chi connectivity index (χ1v) is 15.4. The second-order valence-corrected chi connectivity index (χ2v) is 12.1. The van der Waals surface area contributed by atoms with E-state index in [1.165, 1.54) is 20.6 Å². The second-order valence-electron chi connectivity index (χ2n) is 11.0. The Hall–Kier alpha value is -5.65. The molecular weight excluding hydrogens is 557 g/mol. The highest BCUT2D eigenvalue weighted by Gasteiger charge is 2.12. The van der Waals surface area contributed by atoms with Crippen LogP contribution < -0.4 is 0 Å². The van der Waals surface area contributed by atoms with E-state index in [9.17, 15) is 0 Å². The van der Waals surface area contributed by atoms with E-state index in [0.29, 0.717) is 17.1 Å². The molecule has 0 radical (unpaired) electrons. The molecule has 0 N–H and O–H groups in total. The summed E-state index contributed by atoms with van der Waals surface area (Å²) >= 11 is 1.82. The molecule has 0 unspecified atom stereocenters. The fraction of sp³-hybridized carbons (Fsp3) is 0. The van der Waals surface area contributed by atoms with Gasteiger partial charge in [0.25, 0.3) is 0 Å². The van der Waals surface area contributed by atoms with Crippen molar-refractivity contribution in [2.24, 2.45) is 0 Å². The van der Waals surface area contributed by atoms with E-state index in [1.807, 2.05) is 41.7 Å². The predicted molar refractivity (Wildman–Crippen MR) is 185 cm³/mol. The largest absolute Gasteiger partial charge is 0.308 e. The highest BCUT2D eigenvalue weighted by molar-refractivity contribution is 7.24. The van der Waals surface area contributed by atoms with E-state index in [1.54, 1.807) is 0 Å². The molecule has 0 fully saturated rings. The number of nitrogens with zero attached hydrogens (tertiary/aromatic N) is 4. The van der Waals surface area contributed by atoms with Crippen LogP contribution in [0.5, 0.6) is 0 Å². The molecule has 0 saturated carbocycles. The van der Waals surface area contributed by atoms with Crippen molar-refractivity contribution in [3.63, 3.8) is 0 Å². The third kappa shape index (κ3) is 4.17. The molecule has 10 bridgehead atoms. The van der Waals surface area contributed by atoms with Crippen LogP contribution in [0.25, 0.3) is 81.1 Å². The molecule has 6 aromatic carbocycles. The lowest BCUT2D eigenvalue weighted by atomic mass is 10.1. The van der Waals surface area contributed by atoms with Gasteiger partial charge in [0.1, 0.15) is 0 Å². The third-order valence-corrected chi connectivity index (χ3v) is 9.34. The van der Waals surface area contributed by atoms with Crippen molar-refractivity contribution in [2.75, 3.05) is 0 Å². The number of hydrogen-bond acceptors (Lipinski definition) is 4. The number of rotatable bonds is 1. The Morgan fingerprint density at radius 3 is 1.80 bits per heavy atom. The molecule has 7 aromatic rings. The van der Waals surface area contributed by atoms with Crippen LogP contribution in [0.15, 0.2) is 146 Å². The summed E-state index contributed by atoms with van der Waals surface area (Å²) in [5, 5.41) is 6.39. The van der Waals surface area contributed by atoms with Crippen LogP contribution in [0.4, 0.5) is 0 Å². The Labute approximate surface area is 256 Å². The molecule has 4 nitrogen and oxygen atoms in total. The molecule has 9 rings (SSSR count). The summed E-state index contributed by atoms with van der Waals surface area (Å²) < 4.78 is 4.87. The minimum Gasteiger partial charge on any atom is -0.308 e. The summed E-state index contributed by atoms with van der Waals surface area (Å²) in [5.74, 6) is 0.657. The Kier molecular flexibility index (Phi) is 5.64. The minimum absolute atomic E-state index is 0.651. The normalized spacial score (nSPS) is 11.6. The summed E-state index contributed by atoms with van der Waals surface area (Å²) in [6, 6.07) is 51.4. The lowest BCUT2D eigenvalue weighted by Gasteiger charge is -2.17. The molecule has 0 atom stereocenters. The average Bonchev–Trinajstić information content (AvgIpc) is 3.10. The zero-order valence-electron chi connectivity index (χ0n) is 23.6. The van der Waals surface area contributed by atoms with Gasteiger partial charge in [-0.2, -0.15) is 0 Å². The Morgan fingerprint density at radius 1 is 0.432 bits per heavy atom. The van der Waals surface area contributed by atoms with E-state index >= 15 is 0 Å². The lowest BCUT2D eigenvalue weighted by Crippen LogP contribution is -1.99. The zero-order chi connectivity index (χ0) is 29.0. The van der Waals surface area contributed by atoms with Gasteiger partial charge in [-0.25, -0.2) is 15.0 Å². The van der Waals surface area contributed by atoms with Crippen molar-refractivity contribution in [1.82, 2.24) is 19.5 Å². The fourth-order valence-electron chi connectivity index (χ4n) is 6.06. The van der Waals surface area contributed by atoms with Gasteiger partial charge in [0.15, 0.2) is 17.1 Å². The maximum absolute atomic E-state index is 5.04. The Balaban J connectivity index is 1.52. The van der Waals surface area contributed by atoms with Gasteiger partial charge < -0.3 is 4.57 Å². The first-order chi connectivity index (χ1) is 21.8. The molecule has 0 aliphatic carbocycles. The quantitative estimate of drug-likeness (QED) is 0.181. The predicted octanol–water partition coefficient (Wildman–Crippen LogP) is 10.4. The summed E-state index contributed by atoms with van der Waals surface area (Å²) in [5.41, 5.74) is 5.73. The van der Waals surface area contributed by atoms with Crippen molar-refractivity contribution in [1.29, 1.82) is 0 Å². The summed E-state index contributed by atoms with van der Waals surface area (Å²) in [6.45, 7) is 0. The van der Waals surface area contributed by atoms with Crippen LogP contribution in [-0.2, 0) is 0 Å². The van der Waals surface area contributed by atoms with Crippen molar-refractivity contribution >= 4 is 75.4 Å². The molecule has 0 saturated heterocycles. The number of fused-ring (bicyclic) bond motifs is 16. The van der Waals surface area contributed by atoms with E-state index in [-0.39, 0.29) is 0 Å². The van der Waals surface area contributed by atoms with Crippen molar-refractivity contribution in [3.8, 4) is 17.1 Å². The highest BCUT2D eigenvalue weighted by atomic mass is 32.1. The van der Waals surface area contributed by atoms with Crippen LogP contribution in [0, 0.1) is 0 Å². The third-order valence-electron chi connectivity index (χ3n) is 8.21. The van der Waals surface area contributed by atoms with Crippen LogP contribution in [0.2, 0.25) is 0 Å². The molecular formula is C39H24N4S. The topological polar surface area (TPSA) is 43.6 Å². The number of hydrogen-bond donors (Lipinski definition) is 0. The van der Waals surface area contributed by atoms with Gasteiger partial charge in [-0.05, 0) is 70.1 Å². The van der Waals surface area contributed by atoms with Gasteiger partial charge in [0, 0.05) is 21.9 Å². The van der Waals surface area contributed by atoms with Gasteiger partial charge in [-0.1, -0.05) is 97.1 Å². The van der Waals surface area contributed by atoms with Crippen LogP contribution in [-0.4, -0.2) is 19.5 Å². The molecule has 0 spiro atoms. The van der Waals surface area contributed by atoms with E-state index in [4.69, 9.17) is 15.0 Å². The number of benzene rings is 6. The van der Waals surface area contributed by atoms with Crippen molar-refractivity contribution < 1.29 is 0 Å². The van der Waals surface area contributed by atoms with Crippen molar-refractivity contribution in [2.45, 2.75) is 0 Å². The number of aromatic nitrogens is 4. The van der Waals surface area contributed by atoms with Gasteiger partial charge in [0.2, 0.25) is 0 Å². The molecule has 44 heavy (non-hydrogen) atoms. The van der Waals surface area contributed by atoms with Gasteiger partial charge >= 0.3 is 0 Å². The second kappa shape index (κ2) is 9.97. The highest BCUT2D eigenvalue weighted by Crippen LogP contribution is 2.35. The van der Waals surface area contributed by atoms with E-state index in [0.717, 1.165) is 43.4 Å². The first kappa shape index (κ1) is 24.9. The Morgan fingerprint density at radius 2 is 1.05 bits per heavy atom. The maximum atomic E-state index is 5.04. The molecule has 2 aliphatic heterocycles. The minimum atomic E-state index is 0.651. The standard InChI is InChI=1S/C39H24N4S/c1-2-9-25(10-3-1)37-40-38-30-14-6-11-26(21-30)28-13-8-16-32(23-28)43-33-17-4-5-18-35(33)44-36-20-19-29(24-34(36)43)27-12-7-15-31(22-27)39(41-37)42-38/h1-24H. The fourth-order valence-corrected chi connectivity index (χ4v) is 7.10. The molecule has 5 heteroatoms. The number of para-hydroxylation sites is 1. The van der Waals surface area contributed by atoms with E-state index < -0.39 is 0 Å². The van der Waals surface area contributed by atoms with Gasteiger partial charge in [-0.3, -0.25) is 0 Å². The molecule has 206 valence electrons.